The number of fused-ring (bicyclic) bond motifs is 6. The van der Waals surface area contributed by atoms with Crippen LogP contribution in [0.4, 0.5) is 22.0 Å². The summed E-state index contributed by atoms with van der Waals surface area (Å²) in [7, 11) is 0. The zero-order valence-corrected chi connectivity index (χ0v) is 29.8. The van der Waals surface area contributed by atoms with Crippen molar-refractivity contribution < 1.29 is 22.0 Å². The van der Waals surface area contributed by atoms with Crippen molar-refractivity contribution in [2.75, 3.05) is 0 Å². The van der Waals surface area contributed by atoms with Gasteiger partial charge in [0.05, 0.1) is 33.4 Å². The van der Waals surface area contributed by atoms with Crippen LogP contribution >= 0.6 is 0 Å². The zero-order valence-electron chi connectivity index (χ0n) is 29.8. The molecule has 52 heavy (non-hydrogen) atoms. The van der Waals surface area contributed by atoms with Crippen LogP contribution in [0.15, 0.2) is 115 Å². The topological polar surface area (TPSA) is 9.86 Å². The van der Waals surface area contributed by atoms with Crippen molar-refractivity contribution in [3.8, 4) is 22.5 Å². The second-order valence-corrected chi connectivity index (χ2v) is 15.7. The summed E-state index contributed by atoms with van der Waals surface area (Å²) in [5, 5.41) is 3.13. The number of hydrogen-bond donors (Lipinski definition) is 0. The molecule has 2 nitrogen and oxygen atoms in total. The largest absolute Gasteiger partial charge is 0.420 e. The maximum atomic E-state index is 16.1. The third-order valence-electron chi connectivity index (χ3n) is 10.2. The van der Waals surface area contributed by atoms with Crippen LogP contribution in [0.25, 0.3) is 66.1 Å². The summed E-state index contributed by atoms with van der Waals surface area (Å²) in [5.41, 5.74) is 2.32. The van der Waals surface area contributed by atoms with E-state index < -0.39 is 23.4 Å². The van der Waals surface area contributed by atoms with E-state index in [1.54, 1.807) is 33.4 Å². The predicted molar refractivity (Wildman–Crippen MR) is 203 cm³/mol. The van der Waals surface area contributed by atoms with E-state index in [9.17, 15) is 4.39 Å². The highest BCUT2D eigenvalue weighted by molar-refractivity contribution is 6.11. The van der Waals surface area contributed by atoms with Gasteiger partial charge < -0.3 is 9.13 Å². The Labute approximate surface area is 298 Å². The Morgan fingerprint density at radius 2 is 0.904 bits per heavy atom. The molecule has 2 aromatic heterocycles. The lowest BCUT2D eigenvalue weighted by atomic mass is 9.86. The minimum absolute atomic E-state index is 0.116. The third-order valence-corrected chi connectivity index (χ3v) is 10.2. The van der Waals surface area contributed by atoms with E-state index in [0.717, 1.165) is 38.7 Å². The van der Waals surface area contributed by atoms with Gasteiger partial charge >= 0.3 is 6.18 Å². The molecule has 0 bridgehead atoms. The first-order chi connectivity index (χ1) is 24.5. The molecule has 0 unspecified atom stereocenters. The number of hydrogen-bond acceptors (Lipinski definition) is 0. The first-order valence-electron chi connectivity index (χ1n) is 17.3. The molecule has 0 radical (unpaired) electrons. The Morgan fingerprint density at radius 1 is 0.462 bits per heavy atom. The van der Waals surface area contributed by atoms with Crippen LogP contribution in [0.3, 0.4) is 0 Å². The van der Waals surface area contributed by atoms with Gasteiger partial charge in [-0.25, -0.2) is 8.78 Å². The summed E-state index contributed by atoms with van der Waals surface area (Å²) in [6, 6.07) is 33.1. The molecule has 0 saturated heterocycles. The van der Waals surface area contributed by atoms with Crippen LogP contribution in [0.2, 0.25) is 0 Å². The van der Waals surface area contributed by atoms with Crippen molar-refractivity contribution in [3.05, 3.63) is 144 Å². The molecule has 6 aromatic carbocycles. The van der Waals surface area contributed by atoms with E-state index in [-0.39, 0.29) is 33.3 Å². The monoisotopic (exact) mass is 700 g/mol. The highest BCUT2D eigenvalue weighted by Gasteiger charge is 2.40. The van der Waals surface area contributed by atoms with Gasteiger partial charge in [-0.15, -0.1) is 0 Å². The molecule has 8 rings (SSSR count). The van der Waals surface area contributed by atoms with Gasteiger partial charge in [0.2, 0.25) is 0 Å². The van der Waals surface area contributed by atoms with Gasteiger partial charge in [-0.3, -0.25) is 0 Å². The van der Waals surface area contributed by atoms with Crippen LogP contribution in [-0.2, 0) is 17.0 Å². The second-order valence-electron chi connectivity index (χ2n) is 15.7. The highest BCUT2D eigenvalue weighted by Crippen LogP contribution is 2.47. The van der Waals surface area contributed by atoms with Gasteiger partial charge in [-0.2, -0.15) is 13.2 Å². The summed E-state index contributed by atoms with van der Waals surface area (Å²) in [6.07, 6.45) is -4.87. The van der Waals surface area contributed by atoms with Gasteiger partial charge in [-0.05, 0) is 70.0 Å². The van der Waals surface area contributed by atoms with Crippen molar-refractivity contribution in [3.63, 3.8) is 0 Å². The van der Waals surface area contributed by atoms with Crippen LogP contribution in [0, 0.1) is 11.6 Å². The molecule has 0 spiro atoms. The number of alkyl halides is 3. The second kappa shape index (κ2) is 11.5. The smallest absolute Gasteiger partial charge is 0.309 e. The molecule has 0 amide bonds. The zero-order chi connectivity index (χ0) is 36.9. The predicted octanol–water partition coefficient (Wildman–Crippen LogP) is 13.4. The lowest BCUT2D eigenvalue weighted by molar-refractivity contribution is -0.137. The molecule has 0 aliphatic carbocycles. The summed E-state index contributed by atoms with van der Waals surface area (Å²) < 4.78 is 82.3. The normalized spacial score (nSPS) is 12.9. The van der Waals surface area contributed by atoms with E-state index in [0.29, 0.717) is 22.1 Å². The van der Waals surface area contributed by atoms with E-state index in [1.165, 1.54) is 24.3 Å². The molecular formula is C45H37F5N2. The fourth-order valence-electron chi connectivity index (χ4n) is 7.53. The number of aromatic nitrogens is 2. The minimum atomic E-state index is -4.87. The summed E-state index contributed by atoms with van der Waals surface area (Å²) in [4.78, 5) is 0. The average molecular weight is 701 g/mol. The number of para-hydroxylation sites is 2. The van der Waals surface area contributed by atoms with Crippen molar-refractivity contribution in [1.82, 2.24) is 9.13 Å². The number of rotatable bonds is 3. The van der Waals surface area contributed by atoms with Crippen molar-refractivity contribution in [2.45, 2.75) is 58.5 Å². The van der Waals surface area contributed by atoms with Crippen molar-refractivity contribution in [1.29, 1.82) is 0 Å². The number of halogens is 5. The molecule has 0 atom stereocenters. The fraction of sp³-hybridized carbons (Fsp3) is 0.200. The summed E-state index contributed by atoms with van der Waals surface area (Å²) >= 11 is 0. The molecule has 2 heterocycles. The number of nitrogens with zero attached hydrogens (tertiary/aromatic N) is 2. The molecule has 0 saturated carbocycles. The van der Waals surface area contributed by atoms with E-state index in [4.69, 9.17) is 0 Å². The maximum absolute atomic E-state index is 16.1. The average Bonchev–Trinajstić information content (AvgIpc) is 3.60. The molecule has 0 aliphatic rings. The third kappa shape index (κ3) is 5.28. The van der Waals surface area contributed by atoms with Gasteiger partial charge in [0.15, 0.2) is 11.6 Å². The Hall–Kier alpha value is -5.43. The minimum Gasteiger partial charge on any atom is -0.309 e. The Morgan fingerprint density at radius 3 is 1.35 bits per heavy atom. The Balaban J connectivity index is 1.62. The van der Waals surface area contributed by atoms with Gasteiger partial charge in [0, 0.05) is 27.1 Å². The standard InChI is InChI=1S/C45H37F5N2/c1-43(2,3)27-18-20-32-30-12-7-9-16-35(30)51(37(32)24-27)39-22-26(29-14-11-15-34(46)42(29)47)23-40(41(39)45(48,49)50)52-36-17-10-8-13-31(36)33-21-19-28(25-38(33)52)44(4,5)6/h7-25H,1-6H3. The van der Waals surface area contributed by atoms with Crippen LogP contribution < -0.4 is 0 Å². The van der Waals surface area contributed by atoms with Crippen LogP contribution in [0.1, 0.15) is 58.2 Å². The molecular weight excluding hydrogens is 663 g/mol. The first-order valence-corrected chi connectivity index (χ1v) is 17.3. The molecule has 0 fully saturated rings. The van der Waals surface area contributed by atoms with E-state index in [1.807, 2.05) is 60.7 Å². The first kappa shape index (κ1) is 33.7. The Bertz CT molecular complexity index is 2560. The summed E-state index contributed by atoms with van der Waals surface area (Å²) in [6.45, 7) is 12.3. The van der Waals surface area contributed by atoms with Crippen molar-refractivity contribution >= 4 is 43.6 Å². The molecule has 262 valence electrons. The van der Waals surface area contributed by atoms with Crippen LogP contribution in [-0.4, -0.2) is 9.13 Å². The molecule has 7 heteroatoms. The lowest BCUT2D eigenvalue weighted by Gasteiger charge is -2.24. The SMILES string of the molecule is CC(C)(C)c1ccc2c3ccccc3n(-c3cc(-c4cccc(F)c4F)cc(-n4c5ccccc5c5ccc(C(C)(C)C)cc54)c3C(F)(F)F)c2c1. The fourth-order valence-corrected chi connectivity index (χ4v) is 7.53. The quantitative estimate of drug-likeness (QED) is 0.162. The van der Waals surface area contributed by atoms with Gasteiger partial charge in [0.1, 0.15) is 5.56 Å². The van der Waals surface area contributed by atoms with Gasteiger partial charge in [0.25, 0.3) is 0 Å². The van der Waals surface area contributed by atoms with Gasteiger partial charge in [-0.1, -0.05) is 114 Å². The lowest BCUT2D eigenvalue weighted by Crippen LogP contribution is -2.17. The molecule has 0 aliphatic heterocycles. The Kier molecular flexibility index (Phi) is 7.48. The highest BCUT2D eigenvalue weighted by atomic mass is 19.4. The van der Waals surface area contributed by atoms with E-state index in [2.05, 4.69) is 41.5 Å². The summed E-state index contributed by atoms with van der Waals surface area (Å²) in [5.74, 6) is -2.22. The maximum Gasteiger partial charge on any atom is 0.420 e. The van der Waals surface area contributed by atoms with Crippen molar-refractivity contribution in [2.24, 2.45) is 0 Å². The van der Waals surface area contributed by atoms with Crippen LogP contribution in [0.5, 0.6) is 0 Å². The molecule has 8 aromatic rings. The molecule has 0 N–H and O–H groups in total. The number of benzene rings is 6. The van der Waals surface area contributed by atoms with E-state index >= 15 is 17.6 Å².